The zero-order valence-corrected chi connectivity index (χ0v) is 14.3. The lowest BCUT2D eigenvalue weighted by Gasteiger charge is -2.22. The number of fused-ring (bicyclic) bond motifs is 1. The van der Waals surface area contributed by atoms with Gasteiger partial charge in [0.25, 0.3) is 0 Å². The van der Waals surface area contributed by atoms with Crippen LogP contribution in [0.5, 0.6) is 5.75 Å². The molecular weight excluding hydrogens is 351 g/mol. The minimum atomic E-state index is -4.74. The van der Waals surface area contributed by atoms with Crippen LogP contribution in [0.3, 0.4) is 0 Å². The summed E-state index contributed by atoms with van der Waals surface area (Å²) in [7, 11) is 0. The Balaban J connectivity index is 1.52. The average Bonchev–Trinajstić information content (AvgIpc) is 3.13. The summed E-state index contributed by atoms with van der Waals surface area (Å²) >= 11 is 0. The van der Waals surface area contributed by atoms with Crippen molar-refractivity contribution >= 4 is 17.6 Å². The molecule has 0 spiro atoms. The van der Waals surface area contributed by atoms with E-state index in [1.807, 2.05) is 11.8 Å². The van der Waals surface area contributed by atoms with E-state index in [-0.39, 0.29) is 29.5 Å². The molecule has 9 heteroatoms. The molecule has 1 N–H and O–H groups in total. The molecule has 2 aliphatic heterocycles. The lowest BCUT2D eigenvalue weighted by Crippen LogP contribution is -2.37. The molecule has 2 unspecified atom stereocenters. The Morgan fingerprint density at radius 2 is 1.62 bits per heavy atom. The van der Waals surface area contributed by atoms with Gasteiger partial charge < -0.3 is 19.9 Å². The lowest BCUT2D eigenvalue weighted by molar-refractivity contribution is -0.274. The van der Waals surface area contributed by atoms with Crippen LogP contribution in [0.15, 0.2) is 24.3 Å². The summed E-state index contributed by atoms with van der Waals surface area (Å²) in [6, 6.07) is 4.72. The first-order valence-corrected chi connectivity index (χ1v) is 8.44. The maximum absolute atomic E-state index is 12.4. The Kier molecular flexibility index (Phi) is 4.97. The fourth-order valence-electron chi connectivity index (χ4n) is 3.53. The van der Waals surface area contributed by atoms with Crippen LogP contribution in [0.25, 0.3) is 0 Å². The van der Waals surface area contributed by atoms with Crippen molar-refractivity contribution < 1.29 is 27.5 Å². The van der Waals surface area contributed by atoms with Crippen molar-refractivity contribution in [3.8, 4) is 5.75 Å². The predicted molar refractivity (Wildman–Crippen MR) is 87.6 cm³/mol. The second-order valence-corrected chi connectivity index (χ2v) is 6.58. The van der Waals surface area contributed by atoms with Gasteiger partial charge >= 0.3 is 12.4 Å². The zero-order valence-electron chi connectivity index (χ0n) is 14.3. The Bertz CT molecular complexity index is 664. The Morgan fingerprint density at radius 3 is 2.12 bits per heavy atom. The summed E-state index contributed by atoms with van der Waals surface area (Å²) in [5, 5.41) is 2.68. The molecule has 142 valence electrons. The van der Waals surface area contributed by atoms with E-state index in [1.54, 1.807) is 4.90 Å². The smallest absolute Gasteiger partial charge is 0.406 e. The number of halogens is 3. The van der Waals surface area contributed by atoms with Gasteiger partial charge in [-0.15, -0.1) is 13.2 Å². The highest BCUT2D eigenvalue weighted by Crippen LogP contribution is 2.32. The largest absolute Gasteiger partial charge is 0.573 e. The first kappa shape index (κ1) is 18.3. The lowest BCUT2D eigenvalue weighted by atomic mass is 10.0. The topological polar surface area (TPSA) is 61.9 Å². The van der Waals surface area contributed by atoms with Gasteiger partial charge in [0.05, 0.1) is 0 Å². The highest BCUT2D eigenvalue weighted by molar-refractivity contribution is 5.89. The molecule has 0 bridgehead atoms. The summed E-state index contributed by atoms with van der Waals surface area (Å²) in [6.45, 7) is 4.31. The number of hydrogen-bond acceptors (Lipinski definition) is 3. The molecule has 1 aromatic carbocycles. The fourth-order valence-corrected chi connectivity index (χ4v) is 3.53. The standard InChI is InChI=1S/C17H20F3N3O3/c1-2-15(24)22-7-11-9-23(10-12(11)8-22)16(25)21-13-3-5-14(6-4-13)26-17(18,19)20/h3-6,11-12H,2,7-10H2,1H3,(H,21,25). The number of urea groups is 1. The van der Waals surface area contributed by atoms with Crippen LogP contribution in [0.1, 0.15) is 13.3 Å². The predicted octanol–water partition coefficient (Wildman–Crippen LogP) is 2.92. The van der Waals surface area contributed by atoms with Gasteiger partial charge in [-0.25, -0.2) is 4.79 Å². The minimum Gasteiger partial charge on any atom is -0.406 e. The number of carbonyl (C=O) groups is 2. The van der Waals surface area contributed by atoms with E-state index in [0.29, 0.717) is 38.3 Å². The van der Waals surface area contributed by atoms with Gasteiger partial charge in [0.15, 0.2) is 0 Å². The van der Waals surface area contributed by atoms with Crippen LogP contribution in [0.2, 0.25) is 0 Å². The summed E-state index contributed by atoms with van der Waals surface area (Å²) in [5.74, 6) is 0.348. The third kappa shape index (κ3) is 4.20. The fraction of sp³-hybridized carbons (Fsp3) is 0.529. The summed E-state index contributed by atoms with van der Waals surface area (Å²) in [4.78, 5) is 27.7. The zero-order chi connectivity index (χ0) is 18.9. The number of rotatable bonds is 3. The third-order valence-corrected chi connectivity index (χ3v) is 4.77. The number of amides is 3. The molecule has 0 aromatic heterocycles. The van der Waals surface area contributed by atoms with E-state index in [9.17, 15) is 22.8 Å². The normalized spacial score (nSPS) is 22.3. The molecule has 1 aromatic rings. The van der Waals surface area contributed by atoms with Gasteiger partial charge in [0, 0.05) is 50.1 Å². The second-order valence-electron chi connectivity index (χ2n) is 6.58. The number of likely N-dealkylation sites (tertiary alicyclic amines) is 2. The van der Waals surface area contributed by atoms with E-state index < -0.39 is 6.36 Å². The van der Waals surface area contributed by atoms with Crippen LogP contribution in [0.4, 0.5) is 23.7 Å². The molecule has 3 rings (SSSR count). The van der Waals surface area contributed by atoms with E-state index in [1.165, 1.54) is 12.1 Å². The van der Waals surface area contributed by atoms with Gasteiger partial charge in [-0.2, -0.15) is 0 Å². The second kappa shape index (κ2) is 7.05. The molecule has 2 saturated heterocycles. The summed E-state index contributed by atoms with van der Waals surface area (Å²) < 4.78 is 40.2. The van der Waals surface area contributed by atoms with Gasteiger partial charge in [-0.3, -0.25) is 4.79 Å². The van der Waals surface area contributed by atoms with Crippen molar-refractivity contribution in [2.24, 2.45) is 11.8 Å². The SMILES string of the molecule is CCC(=O)N1CC2CN(C(=O)Nc3ccc(OC(F)(F)F)cc3)CC2C1. The summed E-state index contributed by atoms with van der Waals surface area (Å²) in [5.41, 5.74) is 0.393. The maximum atomic E-state index is 12.4. The average molecular weight is 371 g/mol. The maximum Gasteiger partial charge on any atom is 0.573 e. The molecule has 2 atom stereocenters. The molecule has 6 nitrogen and oxygen atoms in total. The van der Waals surface area contributed by atoms with Crippen molar-refractivity contribution in [2.45, 2.75) is 19.7 Å². The van der Waals surface area contributed by atoms with E-state index in [0.717, 1.165) is 12.1 Å². The van der Waals surface area contributed by atoms with E-state index in [2.05, 4.69) is 10.1 Å². The van der Waals surface area contributed by atoms with Crippen LogP contribution >= 0.6 is 0 Å². The van der Waals surface area contributed by atoms with E-state index in [4.69, 9.17) is 0 Å². The quantitative estimate of drug-likeness (QED) is 0.889. The van der Waals surface area contributed by atoms with Gasteiger partial charge in [-0.05, 0) is 24.3 Å². The van der Waals surface area contributed by atoms with Gasteiger partial charge in [0.1, 0.15) is 5.75 Å². The highest BCUT2D eigenvalue weighted by atomic mass is 19.4. The number of nitrogens with zero attached hydrogens (tertiary/aromatic N) is 2. The molecular formula is C17H20F3N3O3. The van der Waals surface area contributed by atoms with Crippen molar-refractivity contribution in [2.75, 3.05) is 31.5 Å². The number of benzene rings is 1. The van der Waals surface area contributed by atoms with Crippen molar-refractivity contribution in [3.63, 3.8) is 0 Å². The molecule has 2 aliphatic rings. The first-order valence-electron chi connectivity index (χ1n) is 8.44. The van der Waals surface area contributed by atoms with Crippen LogP contribution < -0.4 is 10.1 Å². The molecule has 26 heavy (non-hydrogen) atoms. The molecule has 0 saturated carbocycles. The molecule has 0 radical (unpaired) electrons. The number of alkyl halides is 3. The number of hydrogen-bond donors (Lipinski definition) is 1. The molecule has 0 aliphatic carbocycles. The highest BCUT2D eigenvalue weighted by Gasteiger charge is 2.42. The van der Waals surface area contributed by atoms with E-state index >= 15 is 0 Å². The minimum absolute atomic E-state index is 0.136. The molecule has 2 fully saturated rings. The number of nitrogens with one attached hydrogen (secondary N) is 1. The van der Waals surface area contributed by atoms with Crippen LogP contribution in [0, 0.1) is 11.8 Å². The van der Waals surface area contributed by atoms with Crippen LogP contribution in [-0.2, 0) is 4.79 Å². The van der Waals surface area contributed by atoms with Crippen molar-refractivity contribution in [1.82, 2.24) is 9.80 Å². The first-order chi connectivity index (χ1) is 12.2. The number of ether oxygens (including phenoxy) is 1. The third-order valence-electron chi connectivity index (χ3n) is 4.77. The molecule has 2 heterocycles. The Morgan fingerprint density at radius 1 is 1.08 bits per heavy atom. The van der Waals surface area contributed by atoms with Gasteiger partial charge in [0.2, 0.25) is 5.91 Å². The monoisotopic (exact) mass is 371 g/mol. The number of anilines is 1. The Labute approximate surface area is 148 Å². The number of carbonyl (C=O) groups excluding carboxylic acids is 2. The van der Waals surface area contributed by atoms with Crippen LogP contribution in [-0.4, -0.2) is 54.3 Å². The van der Waals surface area contributed by atoms with Crippen molar-refractivity contribution in [3.05, 3.63) is 24.3 Å². The summed E-state index contributed by atoms with van der Waals surface area (Å²) in [6.07, 6.45) is -4.26. The van der Waals surface area contributed by atoms with Crippen molar-refractivity contribution in [1.29, 1.82) is 0 Å². The Hall–Kier alpha value is -2.45. The van der Waals surface area contributed by atoms with Gasteiger partial charge in [-0.1, -0.05) is 6.92 Å². The molecule has 3 amide bonds.